The van der Waals surface area contributed by atoms with Crippen LogP contribution in [-0.2, 0) is 10.0 Å². The molecule has 17 heavy (non-hydrogen) atoms. The van der Waals surface area contributed by atoms with Crippen molar-refractivity contribution in [2.45, 2.75) is 25.7 Å². The summed E-state index contributed by atoms with van der Waals surface area (Å²) < 4.78 is 26.4. The first-order valence-electron chi connectivity index (χ1n) is 5.14. The van der Waals surface area contributed by atoms with Crippen LogP contribution in [-0.4, -0.2) is 15.0 Å². The quantitative estimate of drug-likeness (QED) is 0.627. The molecule has 0 spiro atoms. The van der Waals surface area contributed by atoms with E-state index in [9.17, 15) is 8.42 Å². The molecule has 1 rings (SSSR count). The third kappa shape index (κ3) is 3.22. The molecule has 92 valence electrons. The lowest BCUT2D eigenvalue weighted by atomic mass is 10.1. The van der Waals surface area contributed by atoms with Gasteiger partial charge >= 0.3 is 0 Å². The number of rotatable bonds is 3. The molecule has 0 amide bonds. The SMILES string of the molecule is CC#CCNS(=O)(=O)c1cc(N)cc(C)c1C. The number of sulfonamides is 1. The first kappa shape index (κ1) is 13.6. The number of hydrogen-bond donors (Lipinski definition) is 2. The highest BCUT2D eigenvalue weighted by Gasteiger charge is 2.17. The number of aryl methyl sites for hydroxylation is 1. The van der Waals surface area contributed by atoms with Crippen molar-refractivity contribution in [1.29, 1.82) is 0 Å². The number of nitrogen functional groups attached to an aromatic ring is 1. The van der Waals surface area contributed by atoms with Gasteiger partial charge in [-0.3, -0.25) is 0 Å². The molecule has 0 radical (unpaired) electrons. The molecule has 0 fully saturated rings. The van der Waals surface area contributed by atoms with Crippen LogP contribution in [0.15, 0.2) is 17.0 Å². The van der Waals surface area contributed by atoms with Crippen LogP contribution in [0.3, 0.4) is 0 Å². The van der Waals surface area contributed by atoms with E-state index in [1.165, 1.54) is 6.07 Å². The van der Waals surface area contributed by atoms with Crippen molar-refractivity contribution >= 4 is 15.7 Å². The molecule has 0 aliphatic heterocycles. The average molecular weight is 252 g/mol. The molecular formula is C12H16N2O2S. The van der Waals surface area contributed by atoms with Gasteiger partial charge < -0.3 is 5.73 Å². The van der Waals surface area contributed by atoms with Crippen LogP contribution < -0.4 is 10.5 Å². The van der Waals surface area contributed by atoms with Gasteiger partial charge in [-0.05, 0) is 44.0 Å². The zero-order valence-corrected chi connectivity index (χ0v) is 11.0. The second-order valence-electron chi connectivity index (χ2n) is 3.71. The second-order valence-corrected chi connectivity index (χ2v) is 5.45. The molecular weight excluding hydrogens is 236 g/mol. The average Bonchev–Trinajstić information content (AvgIpc) is 2.23. The van der Waals surface area contributed by atoms with Crippen molar-refractivity contribution in [3.63, 3.8) is 0 Å². The molecule has 0 saturated carbocycles. The highest BCUT2D eigenvalue weighted by Crippen LogP contribution is 2.21. The van der Waals surface area contributed by atoms with E-state index in [0.717, 1.165) is 5.56 Å². The molecule has 0 bridgehead atoms. The molecule has 1 aromatic carbocycles. The predicted octanol–water partition coefficient (Wildman–Crippen LogP) is 1.19. The lowest BCUT2D eigenvalue weighted by molar-refractivity contribution is 0.585. The van der Waals surface area contributed by atoms with Gasteiger partial charge in [0, 0.05) is 5.69 Å². The molecule has 0 heterocycles. The highest BCUT2D eigenvalue weighted by molar-refractivity contribution is 7.89. The zero-order valence-electron chi connectivity index (χ0n) is 10.2. The highest BCUT2D eigenvalue weighted by atomic mass is 32.2. The van der Waals surface area contributed by atoms with Crippen LogP contribution in [0, 0.1) is 25.7 Å². The monoisotopic (exact) mass is 252 g/mol. The second kappa shape index (κ2) is 5.21. The number of anilines is 1. The summed E-state index contributed by atoms with van der Waals surface area (Å²) in [6.07, 6.45) is 0. The third-order valence-electron chi connectivity index (χ3n) is 2.46. The van der Waals surface area contributed by atoms with Crippen LogP contribution in [0.5, 0.6) is 0 Å². The lowest BCUT2D eigenvalue weighted by Crippen LogP contribution is -2.25. The van der Waals surface area contributed by atoms with Gasteiger partial charge in [0.1, 0.15) is 0 Å². The Hall–Kier alpha value is -1.51. The van der Waals surface area contributed by atoms with Crippen molar-refractivity contribution in [1.82, 2.24) is 4.72 Å². The number of hydrogen-bond acceptors (Lipinski definition) is 3. The molecule has 5 heteroatoms. The van der Waals surface area contributed by atoms with E-state index in [0.29, 0.717) is 11.3 Å². The van der Waals surface area contributed by atoms with Crippen molar-refractivity contribution in [2.24, 2.45) is 0 Å². The normalized spacial score (nSPS) is 10.8. The minimum absolute atomic E-state index is 0.103. The van der Waals surface area contributed by atoms with Crippen LogP contribution in [0.2, 0.25) is 0 Å². The third-order valence-corrected chi connectivity index (χ3v) is 3.99. The van der Waals surface area contributed by atoms with Crippen molar-refractivity contribution in [3.05, 3.63) is 23.3 Å². The van der Waals surface area contributed by atoms with Gasteiger partial charge in [-0.1, -0.05) is 5.92 Å². The Bertz CT molecular complexity index is 581. The van der Waals surface area contributed by atoms with E-state index in [4.69, 9.17) is 5.73 Å². The van der Waals surface area contributed by atoms with E-state index in [-0.39, 0.29) is 11.4 Å². The maximum absolute atomic E-state index is 12.0. The van der Waals surface area contributed by atoms with Gasteiger partial charge in [-0.15, -0.1) is 5.92 Å². The first-order valence-corrected chi connectivity index (χ1v) is 6.63. The van der Waals surface area contributed by atoms with Gasteiger partial charge in [-0.2, -0.15) is 4.72 Å². The van der Waals surface area contributed by atoms with Crippen LogP contribution in [0.25, 0.3) is 0 Å². The summed E-state index contributed by atoms with van der Waals surface area (Å²) in [5, 5.41) is 0. The van der Waals surface area contributed by atoms with E-state index >= 15 is 0 Å². The number of benzene rings is 1. The Balaban J connectivity index is 3.18. The minimum atomic E-state index is -3.54. The molecule has 0 aliphatic rings. The number of nitrogens with two attached hydrogens (primary N) is 1. The van der Waals surface area contributed by atoms with Crippen molar-refractivity contribution < 1.29 is 8.42 Å². The summed E-state index contributed by atoms with van der Waals surface area (Å²) in [7, 11) is -3.54. The standard InChI is InChI=1S/C12H16N2O2S/c1-4-5-6-14-17(15,16)12-8-11(13)7-9(2)10(12)3/h7-8,14H,6,13H2,1-3H3. The molecule has 0 aromatic heterocycles. The van der Waals surface area contributed by atoms with Crippen LogP contribution in [0.4, 0.5) is 5.69 Å². The number of nitrogens with one attached hydrogen (secondary N) is 1. The Morgan fingerprint density at radius 1 is 1.35 bits per heavy atom. The summed E-state index contributed by atoms with van der Waals surface area (Å²) in [5.74, 6) is 5.28. The van der Waals surface area contributed by atoms with Crippen LogP contribution in [0.1, 0.15) is 18.1 Å². The van der Waals surface area contributed by atoms with Crippen molar-refractivity contribution in [3.8, 4) is 11.8 Å². The van der Waals surface area contributed by atoms with Gasteiger partial charge in [0.05, 0.1) is 11.4 Å². The predicted molar refractivity (Wildman–Crippen MR) is 69.0 cm³/mol. The molecule has 4 nitrogen and oxygen atoms in total. The summed E-state index contributed by atoms with van der Waals surface area (Å²) in [6.45, 7) is 5.35. The fourth-order valence-electron chi connectivity index (χ4n) is 1.43. The Morgan fingerprint density at radius 3 is 2.59 bits per heavy atom. The molecule has 3 N–H and O–H groups in total. The summed E-state index contributed by atoms with van der Waals surface area (Å²) >= 11 is 0. The van der Waals surface area contributed by atoms with Crippen LogP contribution >= 0.6 is 0 Å². The van der Waals surface area contributed by atoms with Gasteiger partial charge in [0.25, 0.3) is 0 Å². The largest absolute Gasteiger partial charge is 0.399 e. The van der Waals surface area contributed by atoms with E-state index in [2.05, 4.69) is 16.6 Å². The summed E-state index contributed by atoms with van der Waals surface area (Å²) in [4.78, 5) is 0.216. The summed E-state index contributed by atoms with van der Waals surface area (Å²) in [5.41, 5.74) is 7.66. The topological polar surface area (TPSA) is 72.2 Å². The van der Waals surface area contributed by atoms with Gasteiger partial charge in [-0.25, -0.2) is 8.42 Å². The first-order chi connectivity index (χ1) is 7.88. The molecule has 0 unspecified atom stereocenters. The maximum atomic E-state index is 12.0. The Labute approximate surface area is 102 Å². The summed E-state index contributed by atoms with van der Waals surface area (Å²) in [6, 6.07) is 3.21. The molecule has 0 aliphatic carbocycles. The van der Waals surface area contributed by atoms with E-state index in [1.807, 2.05) is 6.92 Å². The maximum Gasteiger partial charge on any atom is 0.241 e. The van der Waals surface area contributed by atoms with E-state index < -0.39 is 10.0 Å². The van der Waals surface area contributed by atoms with Gasteiger partial charge in [0.2, 0.25) is 10.0 Å². The lowest BCUT2D eigenvalue weighted by Gasteiger charge is -2.10. The fraction of sp³-hybridized carbons (Fsp3) is 0.333. The Morgan fingerprint density at radius 2 is 2.00 bits per heavy atom. The van der Waals surface area contributed by atoms with E-state index in [1.54, 1.807) is 19.9 Å². The smallest absolute Gasteiger partial charge is 0.241 e. The fourth-order valence-corrected chi connectivity index (χ4v) is 2.70. The minimum Gasteiger partial charge on any atom is -0.399 e. The van der Waals surface area contributed by atoms with Crippen molar-refractivity contribution in [2.75, 3.05) is 12.3 Å². The Kier molecular flexibility index (Phi) is 4.16. The molecule has 0 atom stereocenters. The zero-order chi connectivity index (χ0) is 13.1. The molecule has 1 aromatic rings. The van der Waals surface area contributed by atoms with Gasteiger partial charge in [0.15, 0.2) is 0 Å². The molecule has 0 saturated heterocycles.